The molecule has 0 aliphatic heterocycles. The van der Waals surface area contributed by atoms with E-state index in [1.807, 2.05) is 0 Å². The lowest BCUT2D eigenvalue weighted by Crippen LogP contribution is -2.19. The van der Waals surface area contributed by atoms with Gasteiger partial charge in [-0.2, -0.15) is 5.10 Å². The Balaban J connectivity index is 1.90. The largest absolute Gasteiger partial charge is 0.382 e. The highest BCUT2D eigenvalue weighted by Gasteiger charge is 2.10. The molecule has 7 nitrogen and oxygen atoms in total. The van der Waals surface area contributed by atoms with Gasteiger partial charge in [0, 0.05) is 12.6 Å². The molecule has 0 aromatic carbocycles. The average Bonchev–Trinajstić information content (AvgIpc) is 2.88. The lowest BCUT2D eigenvalue weighted by atomic mass is 10.1. The van der Waals surface area contributed by atoms with E-state index in [0.717, 1.165) is 11.4 Å². The summed E-state index contributed by atoms with van der Waals surface area (Å²) in [6.45, 7) is 4.33. The molecule has 19 heavy (non-hydrogen) atoms. The number of nitrogens with zero attached hydrogens (tertiary/aromatic N) is 4. The number of hydrogen-bond donors (Lipinski definition) is 2. The molecule has 102 valence electrons. The van der Waals surface area contributed by atoms with Gasteiger partial charge in [-0.1, -0.05) is 25.2 Å². The molecule has 0 unspecified atom stereocenters. The van der Waals surface area contributed by atoms with E-state index in [0.29, 0.717) is 16.9 Å². The predicted octanol–water partition coefficient (Wildman–Crippen LogP) is 1.15. The summed E-state index contributed by atoms with van der Waals surface area (Å²) in [4.78, 5) is 11.7. The first kappa shape index (κ1) is 13.5. The first-order valence-electron chi connectivity index (χ1n) is 5.94. The maximum Gasteiger partial charge on any atom is 0.247 e. The molecule has 1 amide bonds. The number of nitrogens with two attached hydrogens (primary N) is 1. The number of carbonyl (C=O) groups excluding carboxylic acids is 1. The van der Waals surface area contributed by atoms with Gasteiger partial charge in [-0.05, 0) is 12.0 Å². The highest BCUT2D eigenvalue weighted by atomic mass is 32.1. The molecule has 0 atom stereocenters. The van der Waals surface area contributed by atoms with Gasteiger partial charge in [-0.15, -0.1) is 10.2 Å². The zero-order valence-corrected chi connectivity index (χ0v) is 11.6. The van der Waals surface area contributed by atoms with Gasteiger partial charge in [0.1, 0.15) is 17.4 Å². The number of nitrogen functional groups attached to an aromatic ring is 1. The third kappa shape index (κ3) is 4.02. The summed E-state index contributed by atoms with van der Waals surface area (Å²) in [6.07, 6.45) is 2.52. The van der Waals surface area contributed by atoms with Gasteiger partial charge in [0.05, 0.1) is 0 Å². The second-order valence-electron chi connectivity index (χ2n) is 4.59. The van der Waals surface area contributed by atoms with Gasteiger partial charge in [0.2, 0.25) is 11.0 Å². The van der Waals surface area contributed by atoms with Crippen molar-refractivity contribution >= 4 is 28.2 Å². The zero-order chi connectivity index (χ0) is 13.8. The number of aromatic nitrogens is 4. The van der Waals surface area contributed by atoms with Gasteiger partial charge < -0.3 is 5.73 Å². The molecule has 0 radical (unpaired) electrons. The van der Waals surface area contributed by atoms with Crippen molar-refractivity contribution in [1.29, 1.82) is 0 Å². The predicted molar refractivity (Wildman–Crippen MR) is 73.7 cm³/mol. The fraction of sp³-hybridized carbons (Fsp3) is 0.455. The van der Waals surface area contributed by atoms with Crippen LogP contribution in [-0.4, -0.2) is 25.9 Å². The monoisotopic (exact) mass is 280 g/mol. The minimum Gasteiger partial charge on any atom is -0.382 e. The van der Waals surface area contributed by atoms with Gasteiger partial charge in [0.25, 0.3) is 0 Å². The van der Waals surface area contributed by atoms with E-state index in [4.69, 9.17) is 5.73 Å². The second-order valence-corrected chi connectivity index (χ2v) is 5.65. The number of nitrogens with one attached hydrogen (secondary N) is 1. The van der Waals surface area contributed by atoms with Crippen molar-refractivity contribution < 1.29 is 4.79 Å². The molecular weight excluding hydrogens is 264 g/mol. The first-order valence-corrected chi connectivity index (χ1v) is 6.75. The fourth-order valence-corrected chi connectivity index (χ4v) is 2.48. The third-order valence-electron chi connectivity index (χ3n) is 2.26. The molecule has 2 heterocycles. The van der Waals surface area contributed by atoms with E-state index in [-0.39, 0.29) is 12.5 Å². The van der Waals surface area contributed by atoms with Gasteiger partial charge >= 0.3 is 0 Å². The van der Waals surface area contributed by atoms with Crippen LogP contribution in [-0.2, 0) is 17.8 Å². The van der Waals surface area contributed by atoms with E-state index in [1.165, 1.54) is 16.0 Å². The normalized spacial score (nSPS) is 10.9. The van der Waals surface area contributed by atoms with Crippen LogP contribution in [0.4, 0.5) is 10.9 Å². The number of carbonyl (C=O) groups is 1. The van der Waals surface area contributed by atoms with Crippen molar-refractivity contribution in [2.24, 2.45) is 5.92 Å². The van der Waals surface area contributed by atoms with Crippen molar-refractivity contribution in [2.75, 3.05) is 11.1 Å². The van der Waals surface area contributed by atoms with Gasteiger partial charge in [-0.25, -0.2) is 0 Å². The minimum absolute atomic E-state index is 0.107. The van der Waals surface area contributed by atoms with E-state index < -0.39 is 0 Å². The Morgan fingerprint density at radius 1 is 1.53 bits per heavy atom. The van der Waals surface area contributed by atoms with Crippen LogP contribution in [0.5, 0.6) is 0 Å². The third-order valence-corrected chi connectivity index (χ3v) is 3.12. The molecule has 2 aromatic rings. The second kappa shape index (κ2) is 5.79. The summed E-state index contributed by atoms with van der Waals surface area (Å²) in [5, 5.41) is 16.0. The number of hydrogen-bond acceptors (Lipinski definition) is 6. The van der Waals surface area contributed by atoms with Crippen molar-refractivity contribution in [1.82, 2.24) is 20.0 Å². The van der Waals surface area contributed by atoms with Crippen LogP contribution in [0.25, 0.3) is 0 Å². The summed E-state index contributed by atoms with van der Waals surface area (Å²) < 4.78 is 1.47. The van der Waals surface area contributed by atoms with Crippen LogP contribution >= 0.6 is 11.3 Å². The number of anilines is 2. The van der Waals surface area contributed by atoms with E-state index in [1.54, 1.807) is 12.3 Å². The van der Waals surface area contributed by atoms with Gasteiger partial charge in [-0.3, -0.25) is 14.8 Å². The van der Waals surface area contributed by atoms with Crippen LogP contribution in [0.3, 0.4) is 0 Å². The van der Waals surface area contributed by atoms with Crippen molar-refractivity contribution in [2.45, 2.75) is 26.8 Å². The van der Waals surface area contributed by atoms with Crippen LogP contribution in [0.1, 0.15) is 18.9 Å². The summed E-state index contributed by atoms with van der Waals surface area (Å²) in [6, 6.07) is 1.64. The standard InChI is InChI=1S/C11H16N6OS/c1-7(2)5-10-14-15-11(19-10)13-9(18)6-17-4-3-8(12)16-17/h3-4,7H,5-6H2,1-2H3,(H2,12,16)(H,13,15,18). The molecule has 8 heteroatoms. The van der Waals surface area contributed by atoms with Crippen LogP contribution in [0, 0.1) is 5.92 Å². The molecule has 0 saturated carbocycles. The van der Waals surface area contributed by atoms with Crippen molar-refractivity contribution in [3.63, 3.8) is 0 Å². The molecular formula is C11H16N6OS. The van der Waals surface area contributed by atoms with Crippen molar-refractivity contribution in [3.05, 3.63) is 17.3 Å². The summed E-state index contributed by atoms with van der Waals surface area (Å²) in [5.74, 6) is 0.710. The van der Waals surface area contributed by atoms with Crippen LogP contribution in [0.2, 0.25) is 0 Å². The molecule has 2 aromatic heterocycles. The topological polar surface area (TPSA) is 98.7 Å². The average molecular weight is 280 g/mol. The molecule has 0 aliphatic carbocycles. The van der Waals surface area contributed by atoms with Crippen molar-refractivity contribution in [3.8, 4) is 0 Å². The van der Waals surface area contributed by atoms with E-state index in [9.17, 15) is 4.79 Å². The Morgan fingerprint density at radius 3 is 2.95 bits per heavy atom. The lowest BCUT2D eigenvalue weighted by molar-refractivity contribution is -0.116. The number of rotatable bonds is 5. The van der Waals surface area contributed by atoms with E-state index >= 15 is 0 Å². The molecule has 0 saturated heterocycles. The smallest absolute Gasteiger partial charge is 0.247 e. The zero-order valence-electron chi connectivity index (χ0n) is 10.8. The maximum atomic E-state index is 11.7. The summed E-state index contributed by atoms with van der Waals surface area (Å²) in [7, 11) is 0. The Hall–Kier alpha value is -1.96. The fourth-order valence-electron chi connectivity index (χ4n) is 1.51. The number of amides is 1. The molecule has 0 bridgehead atoms. The van der Waals surface area contributed by atoms with Crippen LogP contribution in [0.15, 0.2) is 12.3 Å². The Kier molecular flexibility index (Phi) is 4.10. The highest BCUT2D eigenvalue weighted by Crippen LogP contribution is 2.18. The van der Waals surface area contributed by atoms with Gasteiger partial charge in [0.15, 0.2) is 0 Å². The quantitative estimate of drug-likeness (QED) is 0.856. The SMILES string of the molecule is CC(C)Cc1nnc(NC(=O)Cn2ccc(N)n2)s1. The molecule has 0 aliphatic rings. The molecule has 3 N–H and O–H groups in total. The first-order chi connectivity index (χ1) is 9.02. The summed E-state index contributed by atoms with van der Waals surface area (Å²) >= 11 is 1.40. The minimum atomic E-state index is -0.199. The van der Waals surface area contributed by atoms with E-state index in [2.05, 4.69) is 34.5 Å². The Morgan fingerprint density at radius 2 is 2.32 bits per heavy atom. The van der Waals surface area contributed by atoms with Crippen LogP contribution < -0.4 is 11.1 Å². The Labute approximate surface area is 114 Å². The lowest BCUT2D eigenvalue weighted by Gasteiger charge is -2.01. The molecule has 0 spiro atoms. The Bertz CT molecular complexity index is 561. The molecule has 0 fully saturated rings. The highest BCUT2D eigenvalue weighted by molar-refractivity contribution is 7.15. The summed E-state index contributed by atoms with van der Waals surface area (Å²) in [5.41, 5.74) is 5.47. The molecule has 2 rings (SSSR count). The maximum absolute atomic E-state index is 11.7.